The van der Waals surface area contributed by atoms with Gasteiger partial charge in [0, 0.05) is 42.1 Å². The highest BCUT2D eigenvalue weighted by Crippen LogP contribution is 2.23. The number of quaternary nitrogens is 2. The van der Waals surface area contributed by atoms with Crippen LogP contribution < -0.4 is 43.7 Å². The summed E-state index contributed by atoms with van der Waals surface area (Å²) in [5, 5.41) is 16.7. The Morgan fingerprint density at radius 2 is 1.68 bits per heavy atom. The number of rotatable bonds is 17. The van der Waals surface area contributed by atoms with Gasteiger partial charge in [-0.05, 0) is 106 Å². The van der Waals surface area contributed by atoms with Crippen molar-refractivity contribution in [2.45, 2.75) is 97.2 Å². The van der Waals surface area contributed by atoms with E-state index in [0.717, 1.165) is 43.2 Å². The molecule has 0 bridgehead atoms. The van der Waals surface area contributed by atoms with Gasteiger partial charge in [-0.2, -0.15) is 0 Å². The maximum Gasteiger partial charge on any atom is 0.336 e. The van der Waals surface area contributed by atoms with Crippen molar-refractivity contribution in [1.29, 1.82) is 0 Å². The number of nitrogens with one attached hydrogen (secondary N) is 5. The van der Waals surface area contributed by atoms with E-state index >= 15 is 0 Å². The van der Waals surface area contributed by atoms with E-state index in [2.05, 4.69) is 38.1 Å². The lowest BCUT2D eigenvalue weighted by atomic mass is 9.90. The molecular formula is C44H59N7O8S+2. The van der Waals surface area contributed by atoms with Crippen LogP contribution in [0.25, 0.3) is 11.0 Å². The average molecular weight is 846 g/mol. The molecule has 5 rings (SSSR count). The number of fused-ring (bicyclic) bond motifs is 1. The Morgan fingerprint density at radius 3 is 2.38 bits per heavy atom. The number of anilines is 2. The second kappa shape index (κ2) is 23.2. The number of amides is 5. The molecular weight excluding hydrogens is 787 g/mol. The molecule has 15 nitrogen and oxygen atoms in total. The van der Waals surface area contributed by atoms with Gasteiger partial charge in [0.25, 0.3) is 11.8 Å². The number of carbonyl (C=O) groups excluding carboxylic acids is 6. The van der Waals surface area contributed by atoms with Crippen molar-refractivity contribution in [3.8, 4) is 0 Å². The number of hydrogen-bond donors (Lipinski definition) is 7. The molecule has 1 unspecified atom stereocenters. The molecule has 60 heavy (non-hydrogen) atoms. The Kier molecular flexibility index (Phi) is 18.1. The molecule has 2 aromatic carbocycles. The van der Waals surface area contributed by atoms with Crippen molar-refractivity contribution in [3.05, 3.63) is 92.5 Å². The van der Waals surface area contributed by atoms with E-state index in [1.807, 2.05) is 26.2 Å². The van der Waals surface area contributed by atoms with Crippen LogP contribution in [0.15, 0.2) is 75.3 Å². The van der Waals surface area contributed by atoms with Gasteiger partial charge < -0.3 is 42.5 Å². The minimum atomic E-state index is -0.767. The van der Waals surface area contributed by atoms with Crippen LogP contribution in [0.4, 0.5) is 11.4 Å². The number of unbranched alkanes of at least 4 members (excludes halogenated alkanes) is 1. The van der Waals surface area contributed by atoms with Crippen molar-refractivity contribution in [3.63, 3.8) is 0 Å². The lowest BCUT2D eigenvalue weighted by Gasteiger charge is -2.23. The summed E-state index contributed by atoms with van der Waals surface area (Å²) in [5.74, 6) is -1.84. The van der Waals surface area contributed by atoms with E-state index in [0.29, 0.717) is 53.2 Å². The van der Waals surface area contributed by atoms with Gasteiger partial charge in [-0.1, -0.05) is 32.0 Å². The normalized spacial score (nSPS) is 15.3. The van der Waals surface area contributed by atoms with Crippen molar-refractivity contribution in [2.24, 2.45) is 11.8 Å². The van der Waals surface area contributed by atoms with Gasteiger partial charge in [0.05, 0.1) is 22.7 Å². The smallest absolute Gasteiger partial charge is 0.336 e. The molecule has 5 amide bonds. The van der Waals surface area contributed by atoms with Crippen molar-refractivity contribution in [2.75, 3.05) is 23.7 Å². The second-order valence-electron chi connectivity index (χ2n) is 15.5. The molecule has 322 valence electrons. The summed E-state index contributed by atoms with van der Waals surface area (Å²) in [6.45, 7) is 8.90. The molecule has 4 aromatic rings. The highest BCUT2D eigenvalue weighted by molar-refractivity contribution is 7.12. The molecule has 1 saturated heterocycles. The van der Waals surface area contributed by atoms with Crippen LogP contribution in [0.2, 0.25) is 0 Å². The Balaban J connectivity index is 0.000000279. The molecule has 1 fully saturated rings. The SMILES string of the molecule is Cc1cc(=O)oc2cc(NC(=O)[C@H](CCCC[NH3+])NC(=O)[C@@H](CC(=O)[C@H](C)[NH3+])CC(C)C)ccc12.O=C(Nc1ccccc1C(=O)NC1CCCCNC1=O)c1cccs1. The van der Waals surface area contributed by atoms with Gasteiger partial charge in [0.2, 0.25) is 17.7 Å². The zero-order chi connectivity index (χ0) is 43.8. The molecule has 1 aliphatic heterocycles. The molecule has 0 aliphatic carbocycles. The van der Waals surface area contributed by atoms with Crippen LogP contribution in [-0.4, -0.2) is 66.5 Å². The van der Waals surface area contributed by atoms with Crippen LogP contribution in [0.3, 0.4) is 0 Å². The first-order chi connectivity index (χ1) is 28.7. The predicted octanol–water partition coefficient (Wildman–Crippen LogP) is 3.59. The molecule has 0 radical (unpaired) electrons. The van der Waals surface area contributed by atoms with E-state index in [1.165, 1.54) is 17.4 Å². The third-order valence-electron chi connectivity index (χ3n) is 9.97. The van der Waals surface area contributed by atoms with Crippen LogP contribution in [-0.2, 0) is 19.2 Å². The number of thiophene rings is 1. The van der Waals surface area contributed by atoms with Crippen molar-refractivity contribution in [1.82, 2.24) is 16.0 Å². The first kappa shape index (κ1) is 47.0. The molecule has 4 atom stereocenters. The highest BCUT2D eigenvalue weighted by atomic mass is 32.1. The summed E-state index contributed by atoms with van der Waals surface area (Å²) in [6, 6.07) is 15.1. The molecule has 3 heterocycles. The predicted molar refractivity (Wildman–Crippen MR) is 231 cm³/mol. The van der Waals surface area contributed by atoms with E-state index in [1.54, 1.807) is 61.5 Å². The molecule has 1 aliphatic rings. The summed E-state index contributed by atoms with van der Waals surface area (Å²) in [5.41, 5.74) is 9.54. The number of Topliss-reactive ketones (excluding diaryl/α,β-unsaturated/α-hetero) is 1. The largest absolute Gasteiger partial charge is 0.423 e. The van der Waals surface area contributed by atoms with Gasteiger partial charge in [-0.15, -0.1) is 11.3 Å². The summed E-state index contributed by atoms with van der Waals surface area (Å²) >= 11 is 1.33. The Bertz CT molecular complexity index is 2170. The monoisotopic (exact) mass is 845 g/mol. The van der Waals surface area contributed by atoms with Gasteiger partial charge >= 0.3 is 5.63 Å². The summed E-state index contributed by atoms with van der Waals surface area (Å²) < 4.78 is 5.27. The van der Waals surface area contributed by atoms with Crippen LogP contribution in [0.5, 0.6) is 0 Å². The molecule has 0 spiro atoms. The van der Waals surface area contributed by atoms with Crippen LogP contribution in [0.1, 0.15) is 97.7 Å². The number of hydrogen-bond acceptors (Lipinski definition) is 9. The molecule has 0 saturated carbocycles. The highest BCUT2D eigenvalue weighted by Gasteiger charge is 2.29. The number of carbonyl (C=O) groups is 6. The van der Waals surface area contributed by atoms with Crippen molar-refractivity contribution < 1.29 is 44.7 Å². The Morgan fingerprint density at radius 1 is 0.917 bits per heavy atom. The van der Waals surface area contributed by atoms with Crippen LogP contribution in [0, 0.1) is 18.8 Å². The third kappa shape index (κ3) is 14.2. The first-order valence-electron chi connectivity index (χ1n) is 20.5. The van der Waals surface area contributed by atoms with E-state index in [-0.39, 0.29) is 47.7 Å². The maximum atomic E-state index is 13.2. The molecule has 16 heteroatoms. The second-order valence-corrected chi connectivity index (χ2v) is 16.5. The lowest BCUT2D eigenvalue weighted by molar-refractivity contribution is -0.397. The summed E-state index contributed by atoms with van der Waals surface area (Å²) in [6.07, 6.45) is 5.03. The Hall–Kier alpha value is -5.71. The number of benzene rings is 2. The quantitative estimate of drug-likeness (QED) is 0.0610. The third-order valence-corrected chi connectivity index (χ3v) is 10.8. The molecule has 2 aromatic heterocycles. The topological polar surface area (TPSA) is 248 Å². The fourth-order valence-electron chi connectivity index (χ4n) is 6.71. The van der Waals surface area contributed by atoms with Gasteiger partial charge in [0.15, 0.2) is 5.78 Å². The zero-order valence-corrected chi connectivity index (χ0v) is 35.7. The lowest BCUT2D eigenvalue weighted by Crippen LogP contribution is -2.63. The fraction of sp³-hybridized carbons (Fsp3) is 0.432. The number of aryl methyl sites for hydroxylation is 1. The standard InChI is InChI=1S/C26H38N4O5.C18H19N3O3S/c1-15(2)11-18(13-22(31)17(4)28)25(33)30-21(7-5-6-10-27)26(34)29-19-8-9-20-16(3)12-24(32)35-23(20)14-19;22-16(21-14-8-3-4-10-19-17(14)23)12-6-1-2-7-13(12)20-18(24)15-9-5-11-25-15/h8-9,12,14-15,17-18,21H,5-7,10-11,13,27-28H2,1-4H3,(H,29,34)(H,30,33);1-2,5-7,9,11,14H,3-4,8,10H2,(H,19,23)(H,20,24)(H,21,22)/p+2/t17-,18+,21-;/m0./s1. The fourth-order valence-corrected chi connectivity index (χ4v) is 7.33. The van der Waals surface area contributed by atoms with E-state index in [9.17, 15) is 33.6 Å². The summed E-state index contributed by atoms with van der Waals surface area (Å²) in [4.78, 5) is 87.8. The van der Waals surface area contributed by atoms with Gasteiger partial charge in [-0.3, -0.25) is 28.8 Å². The van der Waals surface area contributed by atoms with E-state index in [4.69, 9.17) is 4.42 Å². The van der Waals surface area contributed by atoms with E-state index < -0.39 is 29.7 Å². The minimum absolute atomic E-state index is 0.0724. The number of ketones is 1. The van der Waals surface area contributed by atoms with Gasteiger partial charge in [-0.25, -0.2) is 4.79 Å². The zero-order valence-electron chi connectivity index (χ0n) is 34.9. The van der Waals surface area contributed by atoms with Crippen molar-refractivity contribution >= 4 is 69.0 Å². The summed E-state index contributed by atoms with van der Waals surface area (Å²) in [7, 11) is 0. The number of para-hydroxylation sites is 1. The first-order valence-corrected chi connectivity index (χ1v) is 21.4. The average Bonchev–Trinajstić information content (AvgIpc) is 3.68. The molecule has 11 N–H and O–H groups in total. The van der Waals surface area contributed by atoms with Gasteiger partial charge in [0.1, 0.15) is 23.7 Å². The maximum absolute atomic E-state index is 13.2. The van der Waals surface area contributed by atoms with Crippen LogP contribution >= 0.6 is 11.3 Å². The minimum Gasteiger partial charge on any atom is -0.423 e. The Labute approximate surface area is 353 Å².